The summed E-state index contributed by atoms with van der Waals surface area (Å²) in [5.74, 6) is 6.37. The Hall–Kier alpha value is -1.79. The van der Waals surface area contributed by atoms with Gasteiger partial charge in [-0.2, -0.15) is 0 Å². The van der Waals surface area contributed by atoms with Crippen LogP contribution < -0.4 is 11.1 Å². The highest BCUT2D eigenvalue weighted by molar-refractivity contribution is 5.94. The molecule has 3 heteroatoms. The van der Waals surface area contributed by atoms with E-state index >= 15 is 0 Å². The second kappa shape index (κ2) is 5.51. The first-order valence-corrected chi connectivity index (χ1v) is 5.87. The molecule has 3 N–H and O–H groups in total. The minimum absolute atomic E-state index is 0.0201. The third kappa shape index (κ3) is 3.61. The highest BCUT2D eigenvalue weighted by Crippen LogP contribution is 2.27. The summed E-state index contributed by atoms with van der Waals surface area (Å²) in [4.78, 5) is 11.8. The predicted octanol–water partition coefficient (Wildman–Crippen LogP) is 1.14. The Bertz CT molecular complexity index is 467. The van der Waals surface area contributed by atoms with E-state index in [2.05, 4.69) is 17.2 Å². The lowest BCUT2D eigenvalue weighted by Crippen LogP contribution is -2.25. The fourth-order valence-corrected chi connectivity index (χ4v) is 1.55. The summed E-state index contributed by atoms with van der Waals surface area (Å²) >= 11 is 0. The van der Waals surface area contributed by atoms with Gasteiger partial charge in [-0.05, 0) is 37.0 Å². The molecule has 1 amide bonds. The molecular formula is C14H16N2O. The molecule has 0 heterocycles. The van der Waals surface area contributed by atoms with Crippen LogP contribution in [0.5, 0.6) is 0 Å². The molecule has 1 saturated carbocycles. The third-order valence-electron chi connectivity index (χ3n) is 2.71. The average Bonchev–Trinajstić information content (AvgIpc) is 3.18. The van der Waals surface area contributed by atoms with Gasteiger partial charge in [0.05, 0.1) is 6.54 Å². The van der Waals surface area contributed by atoms with Gasteiger partial charge < -0.3 is 11.1 Å². The van der Waals surface area contributed by atoms with Crippen molar-refractivity contribution in [2.75, 3.05) is 13.1 Å². The number of hydrogen-bond acceptors (Lipinski definition) is 2. The van der Waals surface area contributed by atoms with Gasteiger partial charge in [-0.25, -0.2) is 0 Å². The van der Waals surface area contributed by atoms with Gasteiger partial charge in [-0.1, -0.05) is 17.9 Å². The molecule has 0 unspecified atom stereocenters. The number of nitrogens with one attached hydrogen (secondary N) is 1. The van der Waals surface area contributed by atoms with Crippen LogP contribution in [-0.2, 0) is 0 Å². The summed E-state index contributed by atoms with van der Waals surface area (Å²) in [6.45, 7) is 1.12. The van der Waals surface area contributed by atoms with Crippen LogP contribution in [0.2, 0.25) is 0 Å². The van der Waals surface area contributed by atoms with E-state index in [0.717, 1.165) is 12.1 Å². The Balaban J connectivity index is 2.00. The minimum Gasteiger partial charge on any atom is -0.352 e. The summed E-state index contributed by atoms with van der Waals surface area (Å²) in [6.07, 6.45) is 2.48. The third-order valence-corrected chi connectivity index (χ3v) is 2.71. The molecule has 0 radical (unpaired) electrons. The molecule has 0 saturated heterocycles. The smallest absolute Gasteiger partial charge is 0.251 e. The molecule has 2 rings (SSSR count). The quantitative estimate of drug-likeness (QED) is 0.762. The van der Waals surface area contributed by atoms with Crippen LogP contribution in [0.3, 0.4) is 0 Å². The SMILES string of the molecule is NCC#Cc1cccc(C(=O)NCC2CC2)c1. The summed E-state index contributed by atoms with van der Waals surface area (Å²) in [5.41, 5.74) is 6.80. The Morgan fingerprint density at radius 2 is 2.29 bits per heavy atom. The number of amides is 1. The van der Waals surface area contributed by atoms with E-state index in [4.69, 9.17) is 5.73 Å². The van der Waals surface area contributed by atoms with Gasteiger partial charge in [0.25, 0.3) is 5.91 Å². The minimum atomic E-state index is -0.0201. The number of nitrogens with two attached hydrogens (primary N) is 1. The monoisotopic (exact) mass is 228 g/mol. The van der Waals surface area contributed by atoms with Gasteiger partial charge >= 0.3 is 0 Å². The van der Waals surface area contributed by atoms with Crippen molar-refractivity contribution in [1.82, 2.24) is 5.32 Å². The molecule has 3 nitrogen and oxygen atoms in total. The van der Waals surface area contributed by atoms with E-state index in [1.807, 2.05) is 12.1 Å². The van der Waals surface area contributed by atoms with Crippen LogP contribution in [0.4, 0.5) is 0 Å². The number of hydrogen-bond donors (Lipinski definition) is 2. The average molecular weight is 228 g/mol. The molecule has 17 heavy (non-hydrogen) atoms. The molecule has 0 bridgehead atoms. The molecule has 1 aliphatic carbocycles. The van der Waals surface area contributed by atoms with Crippen molar-refractivity contribution >= 4 is 5.91 Å². The molecule has 0 atom stereocenters. The molecule has 0 spiro atoms. The van der Waals surface area contributed by atoms with Gasteiger partial charge in [0.2, 0.25) is 0 Å². The summed E-state index contributed by atoms with van der Waals surface area (Å²) in [5, 5.41) is 2.93. The number of rotatable bonds is 3. The van der Waals surface area contributed by atoms with E-state index in [9.17, 15) is 4.79 Å². The summed E-state index contributed by atoms with van der Waals surface area (Å²) in [6, 6.07) is 7.31. The highest BCUT2D eigenvalue weighted by Gasteiger charge is 2.21. The topological polar surface area (TPSA) is 55.1 Å². The Morgan fingerprint density at radius 3 is 3.00 bits per heavy atom. The van der Waals surface area contributed by atoms with E-state index < -0.39 is 0 Å². The van der Waals surface area contributed by atoms with Crippen molar-refractivity contribution in [1.29, 1.82) is 0 Å². The van der Waals surface area contributed by atoms with Crippen molar-refractivity contribution in [3.63, 3.8) is 0 Å². The fourth-order valence-electron chi connectivity index (χ4n) is 1.55. The maximum Gasteiger partial charge on any atom is 0.251 e. The molecule has 0 aliphatic heterocycles. The summed E-state index contributed by atoms with van der Waals surface area (Å²) < 4.78 is 0. The first-order chi connectivity index (χ1) is 8.29. The lowest BCUT2D eigenvalue weighted by atomic mass is 10.1. The molecule has 1 aromatic carbocycles. The second-order valence-corrected chi connectivity index (χ2v) is 4.24. The lowest BCUT2D eigenvalue weighted by Gasteiger charge is -2.04. The number of carbonyl (C=O) groups excluding carboxylic acids is 1. The maximum atomic E-state index is 11.8. The second-order valence-electron chi connectivity index (χ2n) is 4.24. The van der Waals surface area contributed by atoms with Crippen LogP contribution in [0.25, 0.3) is 0 Å². The Labute approximate surface area is 101 Å². The predicted molar refractivity (Wildman–Crippen MR) is 67.4 cm³/mol. The molecule has 88 valence electrons. The van der Waals surface area contributed by atoms with Crippen LogP contribution in [0.15, 0.2) is 24.3 Å². The van der Waals surface area contributed by atoms with Gasteiger partial charge in [0.1, 0.15) is 0 Å². The van der Waals surface area contributed by atoms with Gasteiger partial charge in [-0.3, -0.25) is 4.79 Å². The zero-order valence-corrected chi connectivity index (χ0v) is 9.70. The van der Waals surface area contributed by atoms with Gasteiger partial charge in [0.15, 0.2) is 0 Å². The van der Waals surface area contributed by atoms with E-state index in [1.54, 1.807) is 12.1 Å². The van der Waals surface area contributed by atoms with Crippen molar-refractivity contribution < 1.29 is 4.79 Å². The number of benzene rings is 1. The molecule has 1 fully saturated rings. The van der Waals surface area contributed by atoms with E-state index in [1.165, 1.54) is 12.8 Å². The van der Waals surface area contributed by atoms with Crippen molar-refractivity contribution in [2.45, 2.75) is 12.8 Å². The molecule has 0 aromatic heterocycles. The van der Waals surface area contributed by atoms with Crippen molar-refractivity contribution in [2.24, 2.45) is 11.7 Å². The lowest BCUT2D eigenvalue weighted by molar-refractivity contribution is 0.0952. The zero-order chi connectivity index (χ0) is 12.1. The van der Waals surface area contributed by atoms with Crippen LogP contribution >= 0.6 is 0 Å². The van der Waals surface area contributed by atoms with E-state index in [-0.39, 0.29) is 5.91 Å². The summed E-state index contributed by atoms with van der Waals surface area (Å²) in [7, 11) is 0. The molecular weight excluding hydrogens is 212 g/mol. The Kier molecular flexibility index (Phi) is 3.79. The van der Waals surface area contributed by atoms with Crippen LogP contribution in [0.1, 0.15) is 28.8 Å². The molecule has 1 aromatic rings. The van der Waals surface area contributed by atoms with Crippen molar-refractivity contribution in [3.8, 4) is 11.8 Å². The first kappa shape index (κ1) is 11.7. The van der Waals surface area contributed by atoms with Gasteiger partial charge in [0, 0.05) is 17.7 Å². The van der Waals surface area contributed by atoms with E-state index in [0.29, 0.717) is 18.0 Å². The fraction of sp³-hybridized carbons (Fsp3) is 0.357. The Morgan fingerprint density at radius 1 is 1.47 bits per heavy atom. The van der Waals surface area contributed by atoms with Crippen LogP contribution in [0, 0.1) is 17.8 Å². The number of carbonyl (C=O) groups is 1. The van der Waals surface area contributed by atoms with Gasteiger partial charge in [-0.15, -0.1) is 0 Å². The molecule has 1 aliphatic rings. The normalized spacial score (nSPS) is 13.7. The highest BCUT2D eigenvalue weighted by atomic mass is 16.1. The zero-order valence-electron chi connectivity index (χ0n) is 9.70. The largest absolute Gasteiger partial charge is 0.352 e. The first-order valence-electron chi connectivity index (χ1n) is 5.87. The standard InChI is InChI=1S/C14H16N2O/c15-8-2-4-11-3-1-5-13(9-11)14(17)16-10-12-6-7-12/h1,3,5,9,12H,6-8,10,15H2,(H,16,17). The maximum absolute atomic E-state index is 11.8. The van der Waals surface area contributed by atoms with Crippen molar-refractivity contribution in [3.05, 3.63) is 35.4 Å². The van der Waals surface area contributed by atoms with Crippen LogP contribution in [-0.4, -0.2) is 19.0 Å².